The maximum absolute atomic E-state index is 2.08. The summed E-state index contributed by atoms with van der Waals surface area (Å²) < 4.78 is 0. The van der Waals surface area contributed by atoms with Crippen molar-refractivity contribution in [1.29, 1.82) is 0 Å². The van der Waals surface area contributed by atoms with Crippen molar-refractivity contribution in [1.82, 2.24) is 0 Å². The van der Waals surface area contributed by atoms with Crippen molar-refractivity contribution in [3.8, 4) is 0 Å². The van der Waals surface area contributed by atoms with Crippen LogP contribution in [0.15, 0.2) is 30.3 Å². The average molecular weight is 165 g/mol. The molecule has 0 bridgehead atoms. The Labute approximate surface area is 63.0 Å². The molecule has 0 nitrogen and oxygen atoms in total. The van der Waals surface area contributed by atoms with Crippen molar-refractivity contribution in [2.24, 2.45) is 0 Å². The van der Waals surface area contributed by atoms with Crippen molar-refractivity contribution in [3.63, 3.8) is 0 Å². The van der Waals surface area contributed by atoms with Gasteiger partial charge < -0.3 is 0 Å². The number of rotatable bonds is 0. The fourth-order valence-electron chi connectivity index (χ4n) is 0.534. The van der Waals surface area contributed by atoms with Crippen LogP contribution in [-0.4, -0.2) is 19.8 Å². The van der Waals surface area contributed by atoms with E-state index in [4.69, 9.17) is 0 Å². The number of hydrogen-bond donors (Lipinski definition) is 0. The van der Waals surface area contributed by atoms with Gasteiger partial charge in [0.15, 0.2) is 0 Å². The molecule has 0 saturated carbocycles. The minimum absolute atomic E-state index is 0. The number of benzene rings is 1. The van der Waals surface area contributed by atoms with Crippen molar-refractivity contribution in [2.45, 2.75) is 6.92 Å². The van der Waals surface area contributed by atoms with Crippen LogP contribution in [0.2, 0.25) is 0 Å². The molecule has 0 aliphatic rings. The van der Waals surface area contributed by atoms with E-state index in [-0.39, 0.29) is 19.8 Å². The molecule has 42 valence electrons. The predicted molar refractivity (Wildman–Crippen MR) is 41.1 cm³/mol. The summed E-state index contributed by atoms with van der Waals surface area (Å²) in [5.74, 6) is 0. The molecule has 0 amide bonds. The van der Waals surface area contributed by atoms with Crippen molar-refractivity contribution >= 4 is 19.8 Å². The van der Waals surface area contributed by atoms with Gasteiger partial charge in [-0.1, -0.05) is 35.9 Å². The molecule has 0 heterocycles. The molecule has 0 aliphatic carbocycles. The van der Waals surface area contributed by atoms with E-state index >= 15 is 0 Å². The van der Waals surface area contributed by atoms with Gasteiger partial charge in [-0.25, -0.2) is 0 Å². The minimum atomic E-state index is 0. The molecular weight excluding hydrogens is 154 g/mol. The quantitative estimate of drug-likeness (QED) is 0.499. The molecule has 0 N–H and O–H groups in total. The van der Waals surface area contributed by atoms with Crippen LogP contribution in [-0.2, 0) is 0 Å². The molecule has 0 unspecified atom stereocenters. The molecule has 0 atom stereocenters. The van der Waals surface area contributed by atoms with Crippen molar-refractivity contribution in [2.75, 3.05) is 0 Å². The summed E-state index contributed by atoms with van der Waals surface area (Å²) in [6.45, 7) is 2.08. The van der Waals surface area contributed by atoms with Gasteiger partial charge in [-0.05, 0) is 6.92 Å². The molecule has 0 aromatic heterocycles. The van der Waals surface area contributed by atoms with Gasteiger partial charge in [0.2, 0.25) is 0 Å². The van der Waals surface area contributed by atoms with Crippen LogP contribution >= 0.6 is 0 Å². The zero-order valence-electron chi connectivity index (χ0n) is 4.39. The Morgan fingerprint density at radius 1 is 1.00 bits per heavy atom. The van der Waals surface area contributed by atoms with Gasteiger partial charge in [-0.3, -0.25) is 0 Å². The van der Waals surface area contributed by atoms with Crippen LogP contribution in [0.5, 0.6) is 0 Å². The SMILES string of the molecule is Cc1ccccc1.[GaH3]. The first kappa shape index (κ1) is 7.86. The van der Waals surface area contributed by atoms with Crippen molar-refractivity contribution in [3.05, 3.63) is 35.9 Å². The van der Waals surface area contributed by atoms with Crippen molar-refractivity contribution < 1.29 is 0 Å². The van der Waals surface area contributed by atoms with Crippen LogP contribution in [0.1, 0.15) is 5.56 Å². The summed E-state index contributed by atoms with van der Waals surface area (Å²) in [4.78, 5) is 0. The molecule has 0 saturated heterocycles. The Balaban J connectivity index is 0.000000490. The van der Waals surface area contributed by atoms with Crippen LogP contribution < -0.4 is 0 Å². The maximum atomic E-state index is 2.08. The second-order valence-corrected chi connectivity index (χ2v) is 1.65. The van der Waals surface area contributed by atoms with E-state index in [0.717, 1.165) is 0 Å². The summed E-state index contributed by atoms with van der Waals surface area (Å²) in [6.07, 6.45) is 0. The molecule has 0 fully saturated rings. The van der Waals surface area contributed by atoms with Gasteiger partial charge >= 0.3 is 19.8 Å². The first-order valence-electron chi connectivity index (χ1n) is 2.41. The summed E-state index contributed by atoms with van der Waals surface area (Å²) >= 11 is 0. The van der Waals surface area contributed by atoms with E-state index < -0.39 is 0 Å². The molecule has 0 aliphatic heterocycles. The van der Waals surface area contributed by atoms with E-state index in [1.54, 1.807) is 0 Å². The molecule has 1 aromatic rings. The Hall–Kier alpha value is -0.144. The first-order valence-corrected chi connectivity index (χ1v) is 2.41. The fraction of sp³-hybridized carbons (Fsp3) is 0.143. The van der Waals surface area contributed by atoms with Crippen LogP contribution in [0.25, 0.3) is 0 Å². The third kappa shape index (κ3) is 2.24. The van der Waals surface area contributed by atoms with Gasteiger partial charge in [0.05, 0.1) is 0 Å². The molecule has 0 spiro atoms. The Morgan fingerprint density at radius 2 is 1.50 bits per heavy atom. The standard InChI is InChI=1S/C7H8.Ga.3H/c1-7-5-3-2-4-6-7;;;;/h2-6H,1H3;;;;. The molecule has 1 rings (SSSR count). The number of aryl methyl sites for hydroxylation is 1. The van der Waals surface area contributed by atoms with E-state index in [1.165, 1.54) is 5.56 Å². The molecule has 1 aromatic carbocycles. The second-order valence-electron chi connectivity index (χ2n) is 1.65. The summed E-state index contributed by atoms with van der Waals surface area (Å²) in [5, 5.41) is 0. The van der Waals surface area contributed by atoms with Crippen LogP contribution in [0.3, 0.4) is 0 Å². The Morgan fingerprint density at radius 3 is 1.75 bits per heavy atom. The van der Waals surface area contributed by atoms with Gasteiger partial charge in [0.25, 0.3) is 0 Å². The van der Waals surface area contributed by atoms with E-state index in [2.05, 4.69) is 19.1 Å². The van der Waals surface area contributed by atoms with E-state index in [9.17, 15) is 0 Å². The Bertz CT molecular complexity index is 134. The van der Waals surface area contributed by atoms with Crippen LogP contribution in [0, 0.1) is 6.92 Å². The molecule has 1 heteroatoms. The van der Waals surface area contributed by atoms with Gasteiger partial charge in [0, 0.05) is 0 Å². The van der Waals surface area contributed by atoms with Gasteiger partial charge in [-0.2, -0.15) is 0 Å². The normalized spacial score (nSPS) is 7.62. The zero-order valence-corrected chi connectivity index (χ0v) is 4.39. The summed E-state index contributed by atoms with van der Waals surface area (Å²) in [6, 6.07) is 10.3. The fourth-order valence-corrected chi connectivity index (χ4v) is 0.534. The first-order chi connectivity index (χ1) is 3.39. The summed E-state index contributed by atoms with van der Waals surface area (Å²) in [7, 11) is 0. The summed E-state index contributed by atoms with van der Waals surface area (Å²) in [5.41, 5.74) is 1.32. The monoisotopic (exact) mass is 164 g/mol. The van der Waals surface area contributed by atoms with Crippen LogP contribution in [0.4, 0.5) is 0 Å². The predicted octanol–water partition coefficient (Wildman–Crippen LogP) is 0.811. The second kappa shape index (κ2) is 3.81. The van der Waals surface area contributed by atoms with Gasteiger partial charge in [-0.15, -0.1) is 0 Å². The Kier molecular flexibility index (Phi) is 3.74. The third-order valence-electron chi connectivity index (χ3n) is 0.940. The molecule has 0 radical (unpaired) electrons. The topological polar surface area (TPSA) is 0 Å². The molecule has 8 heavy (non-hydrogen) atoms. The van der Waals surface area contributed by atoms with E-state index in [1.807, 2.05) is 18.2 Å². The third-order valence-corrected chi connectivity index (χ3v) is 0.940. The number of hydrogen-bond acceptors (Lipinski definition) is 0. The average Bonchev–Trinajstić information content (AvgIpc) is 1.69. The zero-order chi connectivity index (χ0) is 5.11. The molecular formula is C7H11Ga. The van der Waals surface area contributed by atoms with Gasteiger partial charge in [0.1, 0.15) is 0 Å². The van der Waals surface area contributed by atoms with E-state index in [0.29, 0.717) is 0 Å².